The number of hydrogen-bond donors (Lipinski definition) is 1. The number of fused-ring (bicyclic) bond motifs is 1. The number of aromatic nitrogens is 2. The first kappa shape index (κ1) is 27.5. The SMILES string of the molecule is Cc1cc(C(C)Nc2ccccc2C(=O)OC(C)(C)C)c2nc(N3C[C@@H](C)C(F)(F)[C@@H](C)C3)cc(=O)n2c1. The Balaban J connectivity index is 1.73. The maximum absolute atomic E-state index is 14.5. The van der Waals surface area contributed by atoms with E-state index in [1.54, 1.807) is 29.3 Å². The Morgan fingerprint density at radius 2 is 1.79 bits per heavy atom. The molecule has 0 spiro atoms. The number of pyridine rings is 1. The fraction of sp³-hybridized carbons (Fsp3) is 0.483. The van der Waals surface area contributed by atoms with E-state index in [0.717, 1.165) is 11.1 Å². The Kier molecular flexibility index (Phi) is 7.25. The summed E-state index contributed by atoms with van der Waals surface area (Å²) in [5.41, 5.74) is 2.10. The number of anilines is 2. The van der Waals surface area contributed by atoms with Crippen molar-refractivity contribution in [1.82, 2.24) is 9.38 Å². The van der Waals surface area contributed by atoms with E-state index in [0.29, 0.717) is 22.7 Å². The number of carbonyl (C=O) groups excluding carboxylic acids is 1. The minimum atomic E-state index is -2.77. The molecule has 3 aromatic rings. The second-order valence-corrected chi connectivity index (χ2v) is 11.4. The lowest BCUT2D eigenvalue weighted by molar-refractivity contribution is -0.105. The third kappa shape index (κ3) is 5.51. The van der Waals surface area contributed by atoms with E-state index >= 15 is 0 Å². The van der Waals surface area contributed by atoms with Crippen LogP contribution in [0.2, 0.25) is 0 Å². The van der Waals surface area contributed by atoms with Gasteiger partial charge in [-0.25, -0.2) is 18.6 Å². The average Bonchev–Trinajstić information content (AvgIpc) is 2.81. The third-order valence-electron chi connectivity index (χ3n) is 6.92. The molecule has 1 aliphatic heterocycles. The van der Waals surface area contributed by atoms with E-state index in [1.165, 1.54) is 24.3 Å². The van der Waals surface area contributed by atoms with Crippen molar-refractivity contribution < 1.29 is 18.3 Å². The van der Waals surface area contributed by atoms with Gasteiger partial charge in [0.1, 0.15) is 17.1 Å². The average molecular weight is 527 g/mol. The molecule has 1 aromatic carbocycles. The molecule has 3 heterocycles. The summed E-state index contributed by atoms with van der Waals surface area (Å²) in [6.07, 6.45) is 1.72. The summed E-state index contributed by atoms with van der Waals surface area (Å²) in [6, 6.07) is 10.1. The first-order valence-corrected chi connectivity index (χ1v) is 12.9. The zero-order chi connectivity index (χ0) is 28.0. The molecule has 1 fully saturated rings. The van der Waals surface area contributed by atoms with Gasteiger partial charge in [-0.15, -0.1) is 0 Å². The number of piperidine rings is 1. The van der Waals surface area contributed by atoms with Crippen LogP contribution in [0, 0.1) is 18.8 Å². The molecule has 0 radical (unpaired) electrons. The summed E-state index contributed by atoms with van der Waals surface area (Å²) in [7, 11) is 0. The molecule has 2 aromatic heterocycles. The van der Waals surface area contributed by atoms with Crippen LogP contribution in [0.15, 0.2) is 47.4 Å². The number of ether oxygens (including phenoxy) is 1. The Hall–Kier alpha value is -3.49. The van der Waals surface area contributed by atoms with Gasteiger partial charge in [-0.1, -0.05) is 26.0 Å². The summed E-state index contributed by atoms with van der Waals surface area (Å²) in [5, 5.41) is 3.39. The molecule has 0 aliphatic carbocycles. The van der Waals surface area contributed by atoms with Gasteiger partial charge in [0, 0.05) is 48.4 Å². The number of halogens is 2. The lowest BCUT2D eigenvalue weighted by Gasteiger charge is -2.41. The van der Waals surface area contributed by atoms with Crippen LogP contribution in [0.5, 0.6) is 0 Å². The van der Waals surface area contributed by atoms with Gasteiger partial charge in [0.2, 0.25) is 0 Å². The highest BCUT2D eigenvalue weighted by molar-refractivity contribution is 5.96. The first-order chi connectivity index (χ1) is 17.7. The van der Waals surface area contributed by atoms with E-state index in [1.807, 2.05) is 46.8 Å². The first-order valence-electron chi connectivity index (χ1n) is 12.9. The van der Waals surface area contributed by atoms with Gasteiger partial charge in [-0.2, -0.15) is 0 Å². The molecule has 0 bridgehead atoms. The molecule has 3 atom stereocenters. The monoisotopic (exact) mass is 526 g/mol. The van der Waals surface area contributed by atoms with E-state index in [4.69, 9.17) is 9.72 Å². The number of hydrogen-bond acceptors (Lipinski definition) is 6. The molecule has 4 rings (SSSR count). The predicted molar refractivity (Wildman–Crippen MR) is 145 cm³/mol. The number of carbonyl (C=O) groups is 1. The lowest BCUT2D eigenvalue weighted by Crippen LogP contribution is -2.52. The van der Waals surface area contributed by atoms with Gasteiger partial charge in [0.25, 0.3) is 11.5 Å². The Labute approximate surface area is 221 Å². The molecule has 38 heavy (non-hydrogen) atoms. The molecule has 1 N–H and O–H groups in total. The summed E-state index contributed by atoms with van der Waals surface area (Å²) in [5.74, 6) is -4.56. The molecule has 204 valence electrons. The van der Waals surface area contributed by atoms with Crippen LogP contribution in [-0.4, -0.2) is 40.0 Å². The van der Waals surface area contributed by atoms with Gasteiger partial charge in [-0.3, -0.25) is 9.20 Å². The van der Waals surface area contributed by atoms with Crippen LogP contribution >= 0.6 is 0 Å². The van der Waals surface area contributed by atoms with Crippen molar-refractivity contribution in [3.05, 3.63) is 69.6 Å². The van der Waals surface area contributed by atoms with Crippen molar-refractivity contribution in [2.75, 3.05) is 23.3 Å². The largest absolute Gasteiger partial charge is 0.456 e. The van der Waals surface area contributed by atoms with Gasteiger partial charge < -0.3 is 15.0 Å². The minimum absolute atomic E-state index is 0.109. The maximum atomic E-state index is 14.5. The summed E-state index contributed by atoms with van der Waals surface area (Å²) >= 11 is 0. The van der Waals surface area contributed by atoms with E-state index < -0.39 is 29.3 Å². The van der Waals surface area contributed by atoms with Gasteiger partial charge in [0.05, 0.1) is 11.6 Å². The number of alkyl halides is 2. The zero-order valence-corrected chi connectivity index (χ0v) is 23.0. The van der Waals surface area contributed by atoms with Crippen LogP contribution < -0.4 is 15.8 Å². The van der Waals surface area contributed by atoms with Crippen molar-refractivity contribution in [2.45, 2.75) is 66.0 Å². The number of benzene rings is 1. The summed E-state index contributed by atoms with van der Waals surface area (Å²) < 4.78 is 36.0. The van der Waals surface area contributed by atoms with Crippen LogP contribution in [0.25, 0.3) is 5.65 Å². The standard InChI is InChI=1S/C29H36F2N4O3/c1-17-12-22(20(4)32-23-11-9-8-10-21(23)27(37)38-28(5,6)7)26-33-24(13-25(36)35(26)14-17)34-15-18(2)29(30,31)19(3)16-34/h8-14,18-20,32H,15-16H2,1-7H3/t18-,19+,20?. The molecular formula is C29H36F2N4O3. The predicted octanol–water partition coefficient (Wildman–Crippen LogP) is 5.86. The van der Waals surface area contributed by atoms with E-state index in [-0.39, 0.29) is 24.7 Å². The molecule has 1 unspecified atom stereocenters. The highest BCUT2D eigenvalue weighted by Gasteiger charge is 2.47. The second-order valence-electron chi connectivity index (χ2n) is 11.4. The van der Waals surface area contributed by atoms with Gasteiger partial charge in [0.15, 0.2) is 0 Å². The van der Waals surface area contributed by atoms with Crippen LogP contribution in [0.1, 0.15) is 69.1 Å². The summed E-state index contributed by atoms with van der Waals surface area (Å²) in [4.78, 5) is 32.6. The lowest BCUT2D eigenvalue weighted by atomic mass is 9.87. The van der Waals surface area contributed by atoms with Crippen molar-refractivity contribution in [1.29, 1.82) is 0 Å². The molecule has 1 aliphatic rings. The quantitative estimate of drug-likeness (QED) is 0.420. The van der Waals surface area contributed by atoms with Crippen LogP contribution in [-0.2, 0) is 4.74 Å². The number of rotatable bonds is 5. The van der Waals surface area contributed by atoms with Crippen molar-refractivity contribution >= 4 is 23.1 Å². The molecule has 0 saturated carbocycles. The van der Waals surface area contributed by atoms with Gasteiger partial charge >= 0.3 is 5.97 Å². The van der Waals surface area contributed by atoms with Gasteiger partial charge in [-0.05, 0) is 58.4 Å². The number of nitrogens with one attached hydrogen (secondary N) is 1. The number of esters is 1. The van der Waals surface area contributed by atoms with Crippen molar-refractivity contribution in [2.24, 2.45) is 11.8 Å². The fourth-order valence-electron chi connectivity index (χ4n) is 4.92. The summed E-state index contributed by atoms with van der Waals surface area (Å²) in [6.45, 7) is 12.5. The Morgan fingerprint density at radius 3 is 2.42 bits per heavy atom. The van der Waals surface area contributed by atoms with Crippen LogP contribution in [0.4, 0.5) is 20.3 Å². The van der Waals surface area contributed by atoms with E-state index in [9.17, 15) is 18.4 Å². The molecule has 1 saturated heterocycles. The van der Waals surface area contributed by atoms with Crippen molar-refractivity contribution in [3.8, 4) is 0 Å². The Morgan fingerprint density at radius 1 is 1.16 bits per heavy atom. The zero-order valence-electron chi connectivity index (χ0n) is 23.0. The normalized spacial score (nSPS) is 20.3. The van der Waals surface area contributed by atoms with Crippen LogP contribution in [0.3, 0.4) is 0 Å². The smallest absolute Gasteiger partial charge is 0.340 e. The topological polar surface area (TPSA) is 75.9 Å². The maximum Gasteiger partial charge on any atom is 0.340 e. The van der Waals surface area contributed by atoms with Crippen molar-refractivity contribution in [3.63, 3.8) is 0 Å². The number of para-hydroxylation sites is 1. The molecular weight excluding hydrogens is 490 g/mol. The fourth-order valence-corrected chi connectivity index (χ4v) is 4.92. The Bertz CT molecular complexity index is 1400. The molecule has 7 nitrogen and oxygen atoms in total. The molecule has 0 amide bonds. The highest BCUT2D eigenvalue weighted by Crippen LogP contribution is 2.38. The third-order valence-corrected chi connectivity index (χ3v) is 6.92. The minimum Gasteiger partial charge on any atom is -0.456 e. The molecule has 9 heteroatoms. The second kappa shape index (κ2) is 10.0. The number of aryl methyl sites for hydroxylation is 1. The highest BCUT2D eigenvalue weighted by atomic mass is 19.3. The number of nitrogens with zero attached hydrogens (tertiary/aromatic N) is 3. The van der Waals surface area contributed by atoms with E-state index in [2.05, 4.69) is 5.32 Å².